The lowest BCUT2D eigenvalue weighted by molar-refractivity contribution is -0.132. The van der Waals surface area contributed by atoms with Crippen LogP contribution in [0.2, 0.25) is 0 Å². The Hall–Kier alpha value is -4.80. The number of aliphatic hydroxyl groups excluding tert-OH is 1. The van der Waals surface area contributed by atoms with Crippen LogP contribution in [0.3, 0.4) is 0 Å². The van der Waals surface area contributed by atoms with Crippen LogP contribution >= 0.6 is 23.1 Å². The second-order valence-corrected chi connectivity index (χ2v) is 12.8. The number of Topliss-reactive ketones (excluding diaryl/α,β-unsaturated/α-hetero) is 1. The number of carbonyl (C=O) groups excluding carboxylic acids is 2. The highest BCUT2D eigenvalue weighted by atomic mass is 32.2. The van der Waals surface area contributed by atoms with E-state index in [0.29, 0.717) is 33.6 Å². The molecule has 1 saturated heterocycles. The van der Waals surface area contributed by atoms with Gasteiger partial charge in [-0.15, -0.1) is 10.2 Å². The molecule has 45 heavy (non-hydrogen) atoms. The van der Waals surface area contributed by atoms with Gasteiger partial charge in [-0.3, -0.25) is 14.5 Å². The Labute approximate surface area is 268 Å². The first-order valence-electron chi connectivity index (χ1n) is 14.1. The standard InChI is InChI=1S/C35H28FN3O4S2/c1-21-6-10-25(11-7-21)30-29(31(40)26-12-16-28(17-13-26)43-19-24-5-3-4-22(2)18-24)32(41)33(42)39(30)34-37-38-35(45-34)44-20-23-8-14-27(36)15-9-23/h3-18,30,40H,19-20H2,1-2H3. The van der Waals surface area contributed by atoms with Crippen molar-refractivity contribution in [2.75, 3.05) is 4.90 Å². The van der Waals surface area contributed by atoms with Crippen molar-refractivity contribution < 1.29 is 23.8 Å². The molecule has 1 aliphatic rings. The maximum absolute atomic E-state index is 13.5. The number of aromatic nitrogens is 2. The van der Waals surface area contributed by atoms with Gasteiger partial charge in [0.15, 0.2) is 4.34 Å². The summed E-state index contributed by atoms with van der Waals surface area (Å²) in [5, 5.41) is 20.2. The average molecular weight is 638 g/mol. The van der Waals surface area contributed by atoms with Crippen LogP contribution < -0.4 is 9.64 Å². The average Bonchev–Trinajstić information content (AvgIpc) is 3.62. The number of anilines is 1. The number of halogens is 1. The van der Waals surface area contributed by atoms with Crippen LogP contribution in [0.15, 0.2) is 107 Å². The summed E-state index contributed by atoms with van der Waals surface area (Å²) < 4.78 is 19.8. The smallest absolute Gasteiger partial charge is 0.301 e. The monoisotopic (exact) mass is 637 g/mol. The second-order valence-electron chi connectivity index (χ2n) is 10.6. The number of hydrogen-bond donors (Lipinski definition) is 1. The molecule has 10 heteroatoms. The van der Waals surface area contributed by atoms with Gasteiger partial charge in [-0.1, -0.05) is 94.9 Å². The van der Waals surface area contributed by atoms with Crippen LogP contribution in [-0.2, 0) is 21.9 Å². The van der Waals surface area contributed by atoms with Gasteiger partial charge < -0.3 is 9.84 Å². The summed E-state index contributed by atoms with van der Waals surface area (Å²) in [5.74, 6) is -1.08. The van der Waals surface area contributed by atoms with Gasteiger partial charge in [0, 0.05) is 11.3 Å². The lowest BCUT2D eigenvalue weighted by Gasteiger charge is -2.22. The number of rotatable bonds is 9. The molecule has 1 atom stereocenters. The minimum absolute atomic E-state index is 0.0343. The van der Waals surface area contributed by atoms with Crippen molar-refractivity contribution in [3.8, 4) is 5.75 Å². The van der Waals surface area contributed by atoms with Gasteiger partial charge in [0.05, 0.1) is 11.6 Å². The number of amides is 1. The molecule has 1 aromatic heterocycles. The van der Waals surface area contributed by atoms with E-state index in [1.54, 1.807) is 36.4 Å². The van der Waals surface area contributed by atoms with Crippen LogP contribution in [0, 0.1) is 19.7 Å². The number of hydrogen-bond acceptors (Lipinski definition) is 8. The molecule has 1 unspecified atom stereocenters. The summed E-state index contributed by atoms with van der Waals surface area (Å²) in [6.45, 7) is 4.35. The number of ether oxygens (including phenoxy) is 1. The third kappa shape index (κ3) is 6.67. The van der Waals surface area contributed by atoms with E-state index in [9.17, 15) is 19.1 Å². The lowest BCUT2D eigenvalue weighted by atomic mass is 9.95. The fraction of sp³-hybridized carbons (Fsp3) is 0.143. The quantitative estimate of drug-likeness (QED) is 0.0580. The SMILES string of the molecule is Cc1ccc(C2C(=C(O)c3ccc(OCc4cccc(C)c4)cc3)C(=O)C(=O)N2c2nnc(SCc3ccc(F)cc3)s2)cc1. The number of ketones is 1. The molecule has 7 nitrogen and oxygen atoms in total. The molecule has 0 saturated carbocycles. The largest absolute Gasteiger partial charge is 0.507 e. The maximum atomic E-state index is 13.5. The molecule has 226 valence electrons. The molecule has 1 fully saturated rings. The molecule has 5 aromatic rings. The normalized spacial score (nSPS) is 15.9. The molecule has 1 aliphatic heterocycles. The number of carbonyl (C=O) groups is 2. The zero-order valence-corrected chi connectivity index (χ0v) is 26.1. The van der Waals surface area contributed by atoms with Crippen molar-refractivity contribution in [3.63, 3.8) is 0 Å². The Morgan fingerprint density at radius 1 is 0.911 bits per heavy atom. The van der Waals surface area contributed by atoms with Gasteiger partial charge in [0.25, 0.3) is 5.78 Å². The predicted octanol–water partition coefficient (Wildman–Crippen LogP) is 7.79. The summed E-state index contributed by atoms with van der Waals surface area (Å²) in [7, 11) is 0. The molecular weight excluding hydrogens is 610 g/mol. The van der Waals surface area contributed by atoms with Crippen molar-refractivity contribution >= 4 is 45.7 Å². The van der Waals surface area contributed by atoms with Gasteiger partial charge >= 0.3 is 5.91 Å². The summed E-state index contributed by atoms with van der Waals surface area (Å²) in [6.07, 6.45) is 0. The van der Waals surface area contributed by atoms with Gasteiger partial charge in [-0.25, -0.2) is 4.39 Å². The highest BCUT2D eigenvalue weighted by molar-refractivity contribution is 8.00. The van der Waals surface area contributed by atoms with Crippen LogP contribution in [0.1, 0.15) is 39.4 Å². The van der Waals surface area contributed by atoms with E-state index >= 15 is 0 Å². The highest BCUT2D eigenvalue weighted by Crippen LogP contribution is 2.44. The molecule has 0 radical (unpaired) electrons. The van der Waals surface area contributed by atoms with Crippen LogP contribution in [-0.4, -0.2) is 27.0 Å². The minimum Gasteiger partial charge on any atom is -0.507 e. The van der Waals surface area contributed by atoms with Gasteiger partial charge in [-0.05, 0) is 66.9 Å². The van der Waals surface area contributed by atoms with Crippen LogP contribution in [0.4, 0.5) is 9.52 Å². The lowest BCUT2D eigenvalue weighted by Crippen LogP contribution is -2.29. The maximum Gasteiger partial charge on any atom is 0.301 e. The number of benzene rings is 4. The molecule has 0 spiro atoms. The Morgan fingerprint density at radius 2 is 1.64 bits per heavy atom. The number of nitrogens with zero attached hydrogens (tertiary/aromatic N) is 3. The molecule has 4 aromatic carbocycles. The van der Waals surface area contributed by atoms with Crippen molar-refractivity contribution in [3.05, 3.63) is 142 Å². The van der Waals surface area contributed by atoms with Gasteiger partial charge in [0.1, 0.15) is 23.9 Å². The summed E-state index contributed by atoms with van der Waals surface area (Å²) >= 11 is 2.57. The molecular formula is C35H28FN3O4S2. The van der Waals surface area contributed by atoms with Gasteiger partial charge in [0.2, 0.25) is 5.13 Å². The number of aliphatic hydroxyl groups is 1. The van der Waals surface area contributed by atoms with Gasteiger partial charge in [-0.2, -0.15) is 0 Å². The molecule has 6 rings (SSSR count). The first-order chi connectivity index (χ1) is 21.8. The summed E-state index contributed by atoms with van der Waals surface area (Å²) in [5.41, 5.74) is 5.08. The second kappa shape index (κ2) is 13.1. The van der Waals surface area contributed by atoms with Crippen molar-refractivity contribution in [1.29, 1.82) is 0 Å². The van der Waals surface area contributed by atoms with E-state index in [1.165, 1.54) is 40.1 Å². The first-order valence-corrected chi connectivity index (χ1v) is 15.9. The third-order valence-electron chi connectivity index (χ3n) is 7.33. The summed E-state index contributed by atoms with van der Waals surface area (Å²) in [6, 6.07) is 27.5. The highest BCUT2D eigenvalue weighted by Gasteiger charge is 2.48. The Kier molecular flexibility index (Phi) is 8.77. The predicted molar refractivity (Wildman–Crippen MR) is 174 cm³/mol. The summed E-state index contributed by atoms with van der Waals surface area (Å²) in [4.78, 5) is 28.4. The zero-order valence-electron chi connectivity index (χ0n) is 24.4. The van der Waals surface area contributed by atoms with Crippen molar-refractivity contribution in [1.82, 2.24) is 10.2 Å². The van der Waals surface area contributed by atoms with E-state index in [-0.39, 0.29) is 22.3 Å². The van der Waals surface area contributed by atoms with E-state index in [1.807, 2.05) is 56.3 Å². The van der Waals surface area contributed by atoms with Crippen LogP contribution in [0.25, 0.3) is 5.76 Å². The molecule has 1 amide bonds. The topological polar surface area (TPSA) is 92.6 Å². The van der Waals surface area contributed by atoms with E-state index in [4.69, 9.17) is 4.74 Å². The Bertz CT molecular complexity index is 1890. The first kappa shape index (κ1) is 30.2. The number of thioether (sulfide) groups is 1. The van der Waals surface area contributed by atoms with Crippen molar-refractivity contribution in [2.45, 2.75) is 36.6 Å². The molecule has 1 N–H and O–H groups in total. The van der Waals surface area contributed by atoms with Crippen molar-refractivity contribution in [2.24, 2.45) is 0 Å². The Morgan fingerprint density at radius 3 is 2.36 bits per heavy atom. The van der Waals surface area contributed by atoms with Crippen LogP contribution in [0.5, 0.6) is 5.75 Å². The Balaban J connectivity index is 1.29. The molecule has 0 bridgehead atoms. The number of aryl methyl sites for hydroxylation is 2. The third-order valence-corrected chi connectivity index (χ3v) is 9.46. The molecule has 2 heterocycles. The fourth-order valence-corrected chi connectivity index (χ4v) is 6.83. The minimum atomic E-state index is -0.911. The van der Waals surface area contributed by atoms with E-state index < -0.39 is 17.7 Å². The fourth-order valence-electron chi connectivity index (χ4n) is 5.01. The zero-order chi connectivity index (χ0) is 31.5. The molecule has 0 aliphatic carbocycles. The van der Waals surface area contributed by atoms with E-state index in [0.717, 1.165) is 22.3 Å². The van der Waals surface area contributed by atoms with E-state index in [2.05, 4.69) is 16.3 Å².